The summed E-state index contributed by atoms with van der Waals surface area (Å²) in [6.07, 6.45) is 2.98. The van der Waals surface area contributed by atoms with Crippen LogP contribution in [0.5, 0.6) is 0 Å². The minimum absolute atomic E-state index is 0.477. The molecule has 0 spiro atoms. The molecular formula is C11H18O. The Morgan fingerprint density at radius 1 is 1.25 bits per heavy atom. The van der Waals surface area contributed by atoms with Crippen molar-refractivity contribution >= 4 is 5.78 Å². The molecule has 1 heteroatoms. The van der Waals surface area contributed by atoms with Gasteiger partial charge in [-0.25, -0.2) is 0 Å². The van der Waals surface area contributed by atoms with Crippen molar-refractivity contribution in [1.82, 2.24) is 0 Å². The molecule has 12 heavy (non-hydrogen) atoms. The maximum atomic E-state index is 11.4. The minimum Gasteiger partial charge on any atom is -0.300 e. The molecule has 3 atom stereocenters. The zero-order valence-corrected chi connectivity index (χ0v) is 8.26. The molecule has 0 aromatic rings. The molecule has 2 aliphatic carbocycles. The number of Topliss-reactive ketones (excluding diaryl/α,β-unsaturated/α-hetero) is 1. The maximum Gasteiger partial charge on any atom is 0.133 e. The number of rotatable bonds is 0. The third kappa shape index (κ3) is 1.10. The summed E-state index contributed by atoms with van der Waals surface area (Å²) in [7, 11) is 0. The van der Waals surface area contributed by atoms with Crippen LogP contribution in [0.4, 0.5) is 0 Å². The highest BCUT2D eigenvalue weighted by Crippen LogP contribution is 2.63. The van der Waals surface area contributed by atoms with Gasteiger partial charge >= 0.3 is 0 Å². The predicted octanol–water partition coefficient (Wildman–Crippen LogP) is 2.65. The van der Waals surface area contributed by atoms with E-state index in [9.17, 15) is 4.79 Å². The van der Waals surface area contributed by atoms with Crippen molar-refractivity contribution in [1.29, 1.82) is 0 Å². The Balaban J connectivity index is 2.11. The molecule has 0 aromatic carbocycles. The smallest absolute Gasteiger partial charge is 0.133 e. The zero-order valence-electron chi connectivity index (χ0n) is 8.26. The molecule has 1 nitrogen and oxygen atoms in total. The minimum atomic E-state index is 0.477. The second-order valence-corrected chi connectivity index (χ2v) is 5.32. The van der Waals surface area contributed by atoms with Gasteiger partial charge in [0.15, 0.2) is 0 Å². The van der Waals surface area contributed by atoms with Gasteiger partial charge in [0.05, 0.1) is 0 Å². The van der Waals surface area contributed by atoms with E-state index in [-0.39, 0.29) is 0 Å². The number of fused-ring (bicyclic) bond motifs is 1. The van der Waals surface area contributed by atoms with Crippen molar-refractivity contribution in [3.8, 4) is 0 Å². The summed E-state index contributed by atoms with van der Waals surface area (Å²) in [5.74, 6) is 2.70. The van der Waals surface area contributed by atoms with Crippen LogP contribution in [0, 0.1) is 23.2 Å². The lowest BCUT2D eigenvalue weighted by atomic mass is 9.94. The summed E-state index contributed by atoms with van der Waals surface area (Å²) in [6.45, 7) is 6.84. The maximum absolute atomic E-state index is 11.4. The predicted molar refractivity (Wildman–Crippen MR) is 48.8 cm³/mol. The molecule has 2 fully saturated rings. The second kappa shape index (κ2) is 2.34. The third-order valence-corrected chi connectivity index (χ3v) is 3.97. The Labute approximate surface area is 74.5 Å². The molecule has 0 aromatic heterocycles. The van der Waals surface area contributed by atoms with Gasteiger partial charge in [0.25, 0.3) is 0 Å². The van der Waals surface area contributed by atoms with Gasteiger partial charge in [-0.2, -0.15) is 0 Å². The second-order valence-electron chi connectivity index (χ2n) is 5.32. The molecular weight excluding hydrogens is 148 g/mol. The lowest BCUT2D eigenvalue weighted by Gasteiger charge is -2.10. The molecule has 0 unspecified atom stereocenters. The third-order valence-electron chi connectivity index (χ3n) is 3.97. The van der Waals surface area contributed by atoms with Crippen molar-refractivity contribution in [2.45, 2.75) is 40.0 Å². The quantitative estimate of drug-likeness (QED) is 0.540. The molecule has 2 saturated carbocycles. The first-order chi connectivity index (χ1) is 5.51. The Bertz CT molecular complexity index is 217. The van der Waals surface area contributed by atoms with Crippen molar-refractivity contribution in [2.24, 2.45) is 23.2 Å². The van der Waals surface area contributed by atoms with E-state index in [0.29, 0.717) is 17.1 Å². The van der Waals surface area contributed by atoms with Crippen LogP contribution in [-0.4, -0.2) is 5.78 Å². The first-order valence-electron chi connectivity index (χ1n) is 5.03. The van der Waals surface area contributed by atoms with Crippen LogP contribution in [0.2, 0.25) is 0 Å². The Morgan fingerprint density at radius 3 is 2.58 bits per heavy atom. The molecule has 68 valence electrons. The van der Waals surface area contributed by atoms with Gasteiger partial charge in [0.2, 0.25) is 0 Å². The van der Waals surface area contributed by atoms with Crippen molar-refractivity contribution in [3.63, 3.8) is 0 Å². The number of carbonyl (C=O) groups excluding carboxylic acids is 1. The molecule has 0 heterocycles. The summed E-state index contributed by atoms with van der Waals surface area (Å²) >= 11 is 0. The standard InChI is InChI=1S/C11H18O/c1-7-4-8(12)6-10-9(5-7)11(10,2)3/h7,9-10H,4-6H2,1-3H3/t7-,9+,10-/m0/s1. The van der Waals surface area contributed by atoms with Gasteiger partial charge in [-0.1, -0.05) is 20.8 Å². The number of ketones is 1. The first kappa shape index (κ1) is 8.28. The molecule has 0 radical (unpaired) electrons. The van der Waals surface area contributed by atoms with E-state index >= 15 is 0 Å². The number of hydrogen-bond acceptors (Lipinski definition) is 1. The topological polar surface area (TPSA) is 17.1 Å². The van der Waals surface area contributed by atoms with Crippen LogP contribution in [-0.2, 0) is 4.79 Å². The van der Waals surface area contributed by atoms with Crippen LogP contribution < -0.4 is 0 Å². The fraction of sp³-hybridized carbons (Fsp3) is 0.909. The zero-order chi connectivity index (χ0) is 8.93. The fourth-order valence-electron chi connectivity index (χ4n) is 2.96. The van der Waals surface area contributed by atoms with E-state index in [0.717, 1.165) is 24.7 Å². The Morgan fingerprint density at radius 2 is 1.92 bits per heavy atom. The summed E-state index contributed by atoms with van der Waals surface area (Å²) < 4.78 is 0. The van der Waals surface area contributed by atoms with E-state index < -0.39 is 0 Å². The highest BCUT2D eigenvalue weighted by atomic mass is 16.1. The molecule has 2 rings (SSSR count). The van der Waals surface area contributed by atoms with Crippen LogP contribution in [0.1, 0.15) is 40.0 Å². The monoisotopic (exact) mass is 166 g/mol. The van der Waals surface area contributed by atoms with Crippen molar-refractivity contribution in [2.75, 3.05) is 0 Å². The van der Waals surface area contributed by atoms with E-state index in [1.165, 1.54) is 6.42 Å². The van der Waals surface area contributed by atoms with Crippen LogP contribution >= 0.6 is 0 Å². The highest BCUT2D eigenvalue weighted by molar-refractivity contribution is 5.79. The fourth-order valence-corrected chi connectivity index (χ4v) is 2.96. The van der Waals surface area contributed by atoms with Gasteiger partial charge in [0, 0.05) is 12.8 Å². The number of carbonyl (C=O) groups is 1. The Hall–Kier alpha value is -0.330. The van der Waals surface area contributed by atoms with Crippen LogP contribution in [0.25, 0.3) is 0 Å². The van der Waals surface area contributed by atoms with Gasteiger partial charge in [-0.15, -0.1) is 0 Å². The lowest BCUT2D eigenvalue weighted by molar-refractivity contribution is -0.120. The SMILES string of the molecule is C[C@H]1CC(=O)C[C@H]2[C@@H](C1)C2(C)C. The van der Waals surface area contributed by atoms with E-state index in [2.05, 4.69) is 20.8 Å². The summed E-state index contributed by atoms with van der Waals surface area (Å²) in [5.41, 5.74) is 0.477. The van der Waals surface area contributed by atoms with E-state index in [4.69, 9.17) is 0 Å². The van der Waals surface area contributed by atoms with Crippen molar-refractivity contribution in [3.05, 3.63) is 0 Å². The summed E-state index contributed by atoms with van der Waals surface area (Å²) in [5, 5.41) is 0. The normalized spacial score (nSPS) is 44.9. The summed E-state index contributed by atoms with van der Waals surface area (Å²) in [6, 6.07) is 0. The first-order valence-corrected chi connectivity index (χ1v) is 5.03. The largest absolute Gasteiger partial charge is 0.300 e. The van der Waals surface area contributed by atoms with Gasteiger partial charge in [-0.3, -0.25) is 4.79 Å². The van der Waals surface area contributed by atoms with Crippen LogP contribution in [0.3, 0.4) is 0 Å². The average Bonchev–Trinajstić information content (AvgIpc) is 2.45. The average molecular weight is 166 g/mol. The molecule has 0 aliphatic heterocycles. The lowest BCUT2D eigenvalue weighted by Crippen LogP contribution is -2.07. The molecule has 2 aliphatic rings. The van der Waals surface area contributed by atoms with E-state index in [1.807, 2.05) is 0 Å². The molecule has 0 amide bonds. The molecule has 0 bridgehead atoms. The molecule has 0 N–H and O–H groups in total. The van der Waals surface area contributed by atoms with Crippen LogP contribution in [0.15, 0.2) is 0 Å². The number of hydrogen-bond donors (Lipinski definition) is 0. The van der Waals surface area contributed by atoms with Gasteiger partial charge < -0.3 is 0 Å². The van der Waals surface area contributed by atoms with Gasteiger partial charge in [0.1, 0.15) is 5.78 Å². The van der Waals surface area contributed by atoms with E-state index in [1.54, 1.807) is 0 Å². The molecule has 0 saturated heterocycles. The highest BCUT2D eigenvalue weighted by Gasteiger charge is 2.58. The summed E-state index contributed by atoms with van der Waals surface area (Å²) in [4.78, 5) is 11.4. The Kier molecular flexibility index (Phi) is 1.61. The van der Waals surface area contributed by atoms with Crippen molar-refractivity contribution < 1.29 is 4.79 Å². The van der Waals surface area contributed by atoms with Gasteiger partial charge in [-0.05, 0) is 29.6 Å².